The Morgan fingerprint density at radius 3 is 1.40 bits per heavy atom. The van der Waals surface area contributed by atoms with Gasteiger partial charge in [0.2, 0.25) is 5.91 Å². The summed E-state index contributed by atoms with van der Waals surface area (Å²) in [6, 6.07) is -0.844. The van der Waals surface area contributed by atoms with Crippen molar-refractivity contribution in [1.82, 2.24) is 5.32 Å². The van der Waals surface area contributed by atoms with Gasteiger partial charge in [0.1, 0.15) is 24.4 Å². The number of ether oxygens (including phenoxy) is 3. The second-order valence-electron chi connectivity index (χ2n) is 20.7. The van der Waals surface area contributed by atoms with Gasteiger partial charge in [-0.2, -0.15) is 0 Å². The molecule has 11 nitrogen and oxygen atoms in total. The number of nitrogens with one attached hydrogen (secondary N) is 1. The predicted molar refractivity (Wildman–Crippen MR) is 310 cm³/mol. The highest BCUT2D eigenvalue weighted by Gasteiger charge is 2.44. The number of rotatable bonds is 51. The van der Waals surface area contributed by atoms with Crippen molar-refractivity contribution >= 4 is 11.9 Å². The zero-order valence-electron chi connectivity index (χ0n) is 47.5. The van der Waals surface area contributed by atoms with E-state index in [1.807, 2.05) is 6.08 Å². The van der Waals surface area contributed by atoms with Crippen LogP contribution < -0.4 is 5.32 Å². The van der Waals surface area contributed by atoms with Crippen LogP contribution in [0.3, 0.4) is 0 Å². The molecular weight excluding hydrogens is 943 g/mol. The second kappa shape index (κ2) is 52.9. The van der Waals surface area contributed by atoms with Gasteiger partial charge in [-0.1, -0.05) is 208 Å². The van der Waals surface area contributed by atoms with Gasteiger partial charge in [-0.25, -0.2) is 0 Å². The molecule has 0 aromatic heterocycles. The quantitative estimate of drug-likeness (QED) is 0.0195. The summed E-state index contributed by atoms with van der Waals surface area (Å²) >= 11 is 0. The number of hydrogen-bond donors (Lipinski definition) is 6. The number of aliphatic hydroxyl groups excluding tert-OH is 5. The third kappa shape index (κ3) is 42.5. The third-order valence-corrected chi connectivity index (χ3v) is 13.6. The Kier molecular flexibility index (Phi) is 49.2. The summed E-state index contributed by atoms with van der Waals surface area (Å²) in [6.07, 6.45) is 61.2. The number of amides is 1. The van der Waals surface area contributed by atoms with E-state index in [1.165, 1.54) is 96.3 Å². The van der Waals surface area contributed by atoms with Gasteiger partial charge < -0.3 is 45.1 Å². The Morgan fingerprint density at radius 1 is 0.493 bits per heavy atom. The molecule has 432 valence electrons. The highest BCUT2D eigenvalue weighted by atomic mass is 16.7. The van der Waals surface area contributed by atoms with Crippen LogP contribution in [0.5, 0.6) is 0 Å². The Hall–Kier alpha value is -3.16. The molecule has 1 fully saturated rings. The normalized spacial score (nSPS) is 19.4. The summed E-state index contributed by atoms with van der Waals surface area (Å²) in [7, 11) is 0. The zero-order chi connectivity index (χ0) is 54.5. The van der Waals surface area contributed by atoms with Gasteiger partial charge in [0, 0.05) is 12.8 Å². The molecule has 0 saturated carbocycles. The molecule has 75 heavy (non-hydrogen) atoms. The van der Waals surface area contributed by atoms with Gasteiger partial charge >= 0.3 is 5.97 Å². The van der Waals surface area contributed by atoms with Gasteiger partial charge in [0.25, 0.3) is 0 Å². The molecule has 0 aromatic carbocycles. The molecule has 0 spiro atoms. The molecule has 1 saturated heterocycles. The van der Waals surface area contributed by atoms with Gasteiger partial charge in [-0.05, 0) is 109 Å². The van der Waals surface area contributed by atoms with E-state index < -0.39 is 49.5 Å². The van der Waals surface area contributed by atoms with E-state index in [1.54, 1.807) is 6.08 Å². The van der Waals surface area contributed by atoms with Gasteiger partial charge in [0.05, 0.1) is 32.0 Å². The van der Waals surface area contributed by atoms with Gasteiger partial charge in [0.15, 0.2) is 6.29 Å². The van der Waals surface area contributed by atoms with Crippen LogP contribution in [0.25, 0.3) is 0 Å². The van der Waals surface area contributed by atoms with Crippen molar-refractivity contribution < 1.29 is 49.3 Å². The first kappa shape index (κ1) is 69.9. The van der Waals surface area contributed by atoms with E-state index in [0.717, 1.165) is 116 Å². The summed E-state index contributed by atoms with van der Waals surface area (Å²) in [5, 5.41) is 54.2. The fourth-order valence-electron chi connectivity index (χ4n) is 8.83. The molecule has 11 heteroatoms. The minimum atomic E-state index is -1.59. The Labute approximate surface area is 457 Å². The van der Waals surface area contributed by atoms with Crippen LogP contribution in [0.1, 0.15) is 245 Å². The summed E-state index contributed by atoms with van der Waals surface area (Å²) < 4.78 is 16.7. The molecule has 0 aliphatic carbocycles. The maximum Gasteiger partial charge on any atom is 0.305 e. The number of hydrogen-bond acceptors (Lipinski definition) is 10. The molecule has 6 N–H and O–H groups in total. The minimum absolute atomic E-state index is 0.0222. The highest BCUT2D eigenvalue weighted by Crippen LogP contribution is 2.23. The molecule has 0 radical (unpaired) electrons. The monoisotopic (exact) mass is 1050 g/mol. The van der Waals surface area contributed by atoms with Crippen molar-refractivity contribution in [1.29, 1.82) is 0 Å². The average Bonchev–Trinajstić information content (AvgIpc) is 3.41. The van der Waals surface area contributed by atoms with Crippen molar-refractivity contribution in [2.24, 2.45) is 0 Å². The zero-order valence-corrected chi connectivity index (χ0v) is 47.5. The van der Waals surface area contributed by atoms with Crippen LogP contribution >= 0.6 is 0 Å². The molecule has 7 atom stereocenters. The second-order valence-corrected chi connectivity index (χ2v) is 20.7. The van der Waals surface area contributed by atoms with E-state index in [2.05, 4.69) is 92.1 Å². The Morgan fingerprint density at radius 2 is 0.907 bits per heavy atom. The molecule has 0 bridgehead atoms. The number of carbonyl (C=O) groups excluding carboxylic acids is 2. The maximum absolute atomic E-state index is 13.0. The number of carbonyl (C=O) groups is 2. The largest absolute Gasteiger partial charge is 0.466 e. The lowest BCUT2D eigenvalue weighted by Gasteiger charge is -2.40. The minimum Gasteiger partial charge on any atom is -0.466 e. The lowest BCUT2D eigenvalue weighted by molar-refractivity contribution is -0.302. The number of aliphatic hydroxyl groups is 5. The van der Waals surface area contributed by atoms with Crippen molar-refractivity contribution in [3.63, 3.8) is 0 Å². The standard InChI is InChI=1S/C64H111NO10/c1-3-5-7-9-11-13-15-27-32-36-40-44-48-52-60(69)73-53-49-45-41-37-33-29-26-24-22-20-18-16-17-19-21-23-25-28-31-35-39-43-47-51-59(68)65-56(55-74-64-63(72)62(71)61(70)58(54-66)75-64)57(67)50-46-42-38-34-30-14-12-10-8-6-4-2/h7-10,13,15-16,18-19,21,30,34,46,50,56-58,61-64,66-67,70-72H,3-6,11-12,14,17,20,22-29,31-33,35-45,47-49,51-55H2,1-2H3,(H,65,68)/b9-7-,10-8+,15-13-,18-16-,21-19-,34-30+,50-46+. The molecular formula is C64H111NO10. The highest BCUT2D eigenvalue weighted by molar-refractivity contribution is 5.76. The van der Waals surface area contributed by atoms with Crippen LogP contribution in [0.15, 0.2) is 85.1 Å². The van der Waals surface area contributed by atoms with Crippen LogP contribution in [0.2, 0.25) is 0 Å². The van der Waals surface area contributed by atoms with Crippen molar-refractivity contribution in [3.05, 3.63) is 85.1 Å². The number of esters is 1. The lowest BCUT2D eigenvalue weighted by atomic mass is 9.99. The smallest absolute Gasteiger partial charge is 0.305 e. The molecule has 7 unspecified atom stereocenters. The van der Waals surface area contributed by atoms with Crippen molar-refractivity contribution in [3.8, 4) is 0 Å². The summed E-state index contributed by atoms with van der Waals surface area (Å²) in [5.74, 6) is -0.233. The predicted octanol–water partition coefficient (Wildman–Crippen LogP) is 14.2. The van der Waals surface area contributed by atoms with E-state index in [9.17, 15) is 35.1 Å². The van der Waals surface area contributed by atoms with E-state index >= 15 is 0 Å². The molecule has 1 rings (SSSR count). The van der Waals surface area contributed by atoms with E-state index in [-0.39, 0.29) is 18.5 Å². The van der Waals surface area contributed by atoms with E-state index in [0.29, 0.717) is 25.9 Å². The Balaban J connectivity index is 2.07. The van der Waals surface area contributed by atoms with Crippen molar-refractivity contribution in [2.75, 3.05) is 19.8 Å². The van der Waals surface area contributed by atoms with Crippen molar-refractivity contribution in [2.45, 2.75) is 288 Å². The first-order valence-corrected chi connectivity index (χ1v) is 30.4. The fourth-order valence-corrected chi connectivity index (χ4v) is 8.83. The number of unbranched alkanes of at least 4 members (excludes halogenated alkanes) is 25. The van der Waals surface area contributed by atoms with E-state index in [4.69, 9.17) is 14.2 Å². The summed E-state index contributed by atoms with van der Waals surface area (Å²) in [4.78, 5) is 25.0. The molecule has 0 aromatic rings. The van der Waals surface area contributed by atoms with Gasteiger partial charge in [-0.3, -0.25) is 9.59 Å². The molecule has 1 amide bonds. The topological polar surface area (TPSA) is 175 Å². The average molecular weight is 1050 g/mol. The summed E-state index contributed by atoms with van der Waals surface area (Å²) in [5.41, 5.74) is 0. The summed E-state index contributed by atoms with van der Waals surface area (Å²) in [6.45, 7) is 4.15. The number of allylic oxidation sites excluding steroid dienone is 13. The first-order valence-electron chi connectivity index (χ1n) is 30.4. The van der Waals surface area contributed by atoms with Gasteiger partial charge in [-0.15, -0.1) is 0 Å². The SMILES string of the molecule is CCC/C=C\C/C=C\CCCCCCCC(=O)OCCCCCCCCCCC/C=C\C/C=C\CCCCCCCCCC(=O)NC(COC1OC(CO)C(O)C(O)C1O)C(O)/C=C/CC/C=C/CC/C=C/CCC. The Bertz CT molecular complexity index is 1520. The van der Waals surface area contributed by atoms with Crippen LogP contribution in [-0.2, 0) is 23.8 Å². The third-order valence-electron chi connectivity index (χ3n) is 13.6. The lowest BCUT2D eigenvalue weighted by Crippen LogP contribution is -2.60. The molecule has 1 aliphatic rings. The molecule has 1 heterocycles. The van der Waals surface area contributed by atoms with Crippen LogP contribution in [0.4, 0.5) is 0 Å². The van der Waals surface area contributed by atoms with Crippen LogP contribution in [-0.4, -0.2) is 100 Å². The fraction of sp³-hybridized carbons (Fsp3) is 0.750. The van der Waals surface area contributed by atoms with Crippen LogP contribution in [0, 0.1) is 0 Å². The first-order chi connectivity index (χ1) is 36.7. The molecule has 1 aliphatic heterocycles. The maximum atomic E-state index is 13.0.